The molecule has 1 aliphatic rings. The first kappa shape index (κ1) is 20.0. The van der Waals surface area contributed by atoms with E-state index >= 15 is 0 Å². The van der Waals surface area contributed by atoms with Gasteiger partial charge in [0.1, 0.15) is 11.1 Å². The Labute approximate surface area is 167 Å². The van der Waals surface area contributed by atoms with Crippen molar-refractivity contribution in [2.45, 2.75) is 38.6 Å². The van der Waals surface area contributed by atoms with Gasteiger partial charge in [0, 0.05) is 36.0 Å². The molecule has 0 fully saturated rings. The third kappa shape index (κ3) is 4.21. The van der Waals surface area contributed by atoms with E-state index in [0.29, 0.717) is 17.1 Å². The smallest absolute Gasteiger partial charge is 0.269 e. The van der Waals surface area contributed by atoms with Crippen molar-refractivity contribution in [3.05, 3.63) is 55.9 Å². The zero-order valence-electron chi connectivity index (χ0n) is 15.9. The number of hydrogen-bond donors (Lipinski definition) is 1. The molecule has 1 heterocycles. The molecule has 1 amide bonds. The van der Waals surface area contributed by atoms with Crippen LogP contribution in [0.1, 0.15) is 47.4 Å². The lowest BCUT2D eigenvalue weighted by atomic mass is 10.1. The van der Waals surface area contributed by atoms with E-state index in [2.05, 4.69) is 11.4 Å². The topological polar surface area (TPSA) is 99.3 Å². The molecule has 1 atom stereocenters. The molecule has 28 heavy (non-hydrogen) atoms. The van der Waals surface area contributed by atoms with Gasteiger partial charge in [-0.25, -0.2) is 0 Å². The summed E-state index contributed by atoms with van der Waals surface area (Å²) in [6, 6.07) is 8.72. The molecule has 1 aliphatic carbocycles. The average molecular weight is 398 g/mol. The molecular formula is C20H22N4O3S. The third-order valence-electron chi connectivity index (χ3n) is 5.20. The first-order valence-electron chi connectivity index (χ1n) is 9.19. The number of fused-ring (bicyclic) bond motifs is 1. The summed E-state index contributed by atoms with van der Waals surface area (Å²) in [6.07, 6.45) is 3.25. The van der Waals surface area contributed by atoms with Crippen LogP contribution < -0.4 is 5.32 Å². The van der Waals surface area contributed by atoms with Crippen LogP contribution in [0.2, 0.25) is 0 Å². The number of nitriles is 1. The number of nitrogens with one attached hydrogen (secondary N) is 1. The van der Waals surface area contributed by atoms with Crippen molar-refractivity contribution in [3.63, 3.8) is 0 Å². The summed E-state index contributed by atoms with van der Waals surface area (Å²) >= 11 is 1.51. The van der Waals surface area contributed by atoms with Crippen molar-refractivity contribution in [3.8, 4) is 6.07 Å². The van der Waals surface area contributed by atoms with E-state index in [1.54, 1.807) is 12.1 Å². The minimum atomic E-state index is -0.408. The maximum absolute atomic E-state index is 12.4. The molecule has 0 bridgehead atoms. The van der Waals surface area contributed by atoms with Gasteiger partial charge in [0.2, 0.25) is 5.91 Å². The Kier molecular flexibility index (Phi) is 6.07. The number of non-ortho nitro benzene ring substituents is 1. The molecule has 146 valence electrons. The highest BCUT2D eigenvalue weighted by Crippen LogP contribution is 2.38. The lowest BCUT2D eigenvalue weighted by molar-refractivity contribution is -0.384. The number of anilines is 1. The van der Waals surface area contributed by atoms with Gasteiger partial charge in [0.05, 0.1) is 10.5 Å². The molecule has 0 spiro atoms. The predicted octanol–water partition coefficient (Wildman–Crippen LogP) is 4.04. The molecule has 0 saturated heterocycles. The first-order chi connectivity index (χ1) is 13.4. The van der Waals surface area contributed by atoms with Crippen LogP contribution in [0.5, 0.6) is 0 Å². The van der Waals surface area contributed by atoms with Gasteiger partial charge in [-0.05, 0) is 44.4 Å². The molecule has 2 aromatic rings. The summed E-state index contributed by atoms with van der Waals surface area (Å²) in [4.78, 5) is 26.1. The maximum Gasteiger partial charge on any atom is 0.269 e. The molecule has 1 unspecified atom stereocenters. The van der Waals surface area contributed by atoms with Gasteiger partial charge in [-0.1, -0.05) is 12.1 Å². The summed E-state index contributed by atoms with van der Waals surface area (Å²) in [5.41, 5.74) is 2.60. The summed E-state index contributed by atoms with van der Waals surface area (Å²) in [5, 5.41) is 23.9. The lowest BCUT2D eigenvalue weighted by Gasteiger charge is -2.24. The normalized spacial score (nSPS) is 13.8. The monoisotopic (exact) mass is 398 g/mol. The number of carbonyl (C=O) groups is 1. The van der Waals surface area contributed by atoms with Crippen molar-refractivity contribution in [1.29, 1.82) is 5.26 Å². The average Bonchev–Trinajstić information content (AvgIpc) is 3.26. The summed E-state index contributed by atoms with van der Waals surface area (Å²) in [6.45, 7) is 2.46. The van der Waals surface area contributed by atoms with Crippen molar-refractivity contribution >= 4 is 27.9 Å². The van der Waals surface area contributed by atoms with Gasteiger partial charge in [-0.2, -0.15) is 5.26 Å². The number of nitrogens with zero attached hydrogens (tertiary/aromatic N) is 3. The Morgan fingerprint density at radius 3 is 2.96 bits per heavy atom. The molecule has 1 aromatic heterocycles. The zero-order chi connectivity index (χ0) is 20.3. The quantitative estimate of drug-likeness (QED) is 0.560. The number of carbonyl (C=O) groups excluding carboxylic acids is 1. The second-order valence-corrected chi connectivity index (χ2v) is 8.09. The fourth-order valence-corrected chi connectivity index (χ4v) is 4.68. The number of benzene rings is 1. The van der Waals surface area contributed by atoms with E-state index < -0.39 is 4.92 Å². The van der Waals surface area contributed by atoms with E-state index in [1.807, 2.05) is 24.9 Å². The van der Waals surface area contributed by atoms with Crippen LogP contribution in [-0.2, 0) is 17.6 Å². The van der Waals surface area contributed by atoms with Gasteiger partial charge in [-0.15, -0.1) is 11.3 Å². The Morgan fingerprint density at radius 1 is 1.46 bits per heavy atom. The van der Waals surface area contributed by atoms with E-state index in [4.69, 9.17) is 0 Å². The highest BCUT2D eigenvalue weighted by Gasteiger charge is 2.23. The summed E-state index contributed by atoms with van der Waals surface area (Å²) < 4.78 is 0. The molecule has 0 saturated carbocycles. The van der Waals surface area contributed by atoms with Gasteiger partial charge < -0.3 is 5.32 Å². The molecule has 1 aromatic carbocycles. The van der Waals surface area contributed by atoms with E-state index in [0.717, 1.165) is 30.4 Å². The summed E-state index contributed by atoms with van der Waals surface area (Å²) in [5.74, 6) is -0.130. The van der Waals surface area contributed by atoms with Gasteiger partial charge >= 0.3 is 0 Å². The molecule has 7 nitrogen and oxygen atoms in total. The predicted molar refractivity (Wildman–Crippen MR) is 108 cm³/mol. The minimum absolute atomic E-state index is 0.0604. The van der Waals surface area contributed by atoms with Crippen molar-refractivity contribution in [1.82, 2.24) is 4.90 Å². The van der Waals surface area contributed by atoms with E-state index in [1.165, 1.54) is 22.3 Å². The molecular weight excluding hydrogens is 376 g/mol. The number of amides is 1. The number of thiophene rings is 1. The zero-order valence-corrected chi connectivity index (χ0v) is 16.7. The Morgan fingerprint density at radius 2 is 2.25 bits per heavy atom. The number of rotatable bonds is 7. The molecule has 8 heteroatoms. The van der Waals surface area contributed by atoms with E-state index in [9.17, 15) is 20.2 Å². The number of hydrogen-bond acceptors (Lipinski definition) is 6. The number of nitro benzene ring substituents is 1. The van der Waals surface area contributed by atoms with Crippen LogP contribution in [0.3, 0.4) is 0 Å². The van der Waals surface area contributed by atoms with Crippen molar-refractivity contribution < 1.29 is 9.72 Å². The first-order valence-corrected chi connectivity index (χ1v) is 10.0. The van der Waals surface area contributed by atoms with Crippen LogP contribution in [0.15, 0.2) is 24.3 Å². The Bertz CT molecular complexity index is 947. The molecule has 3 rings (SSSR count). The molecule has 0 aliphatic heterocycles. The van der Waals surface area contributed by atoms with Gasteiger partial charge in [-0.3, -0.25) is 19.8 Å². The Hall–Kier alpha value is -2.76. The second kappa shape index (κ2) is 8.50. The standard InChI is InChI=1S/C20H22N4O3S/c1-13(14-5-3-6-15(11-14)24(26)27)23(2)10-9-19(25)22-20-17(12-21)16-7-4-8-18(16)28-20/h3,5-6,11,13H,4,7-10H2,1-2H3,(H,22,25). The number of nitro groups is 1. The third-order valence-corrected chi connectivity index (χ3v) is 6.41. The fraction of sp³-hybridized carbons (Fsp3) is 0.400. The van der Waals surface area contributed by atoms with Crippen LogP contribution in [-0.4, -0.2) is 29.3 Å². The molecule has 0 radical (unpaired) electrons. The largest absolute Gasteiger partial charge is 0.317 e. The van der Waals surface area contributed by atoms with Crippen LogP contribution >= 0.6 is 11.3 Å². The fourth-order valence-electron chi connectivity index (χ4n) is 3.42. The highest BCUT2D eigenvalue weighted by molar-refractivity contribution is 7.16. The van der Waals surface area contributed by atoms with E-state index in [-0.39, 0.29) is 24.1 Å². The summed E-state index contributed by atoms with van der Waals surface area (Å²) in [7, 11) is 1.89. The van der Waals surface area contributed by atoms with Crippen molar-refractivity contribution in [2.75, 3.05) is 18.9 Å². The molecule has 1 N–H and O–H groups in total. The van der Waals surface area contributed by atoms with Gasteiger partial charge in [0.15, 0.2) is 0 Å². The van der Waals surface area contributed by atoms with Crippen molar-refractivity contribution in [2.24, 2.45) is 0 Å². The highest BCUT2D eigenvalue weighted by atomic mass is 32.1. The lowest BCUT2D eigenvalue weighted by Crippen LogP contribution is -2.27. The minimum Gasteiger partial charge on any atom is -0.317 e. The Balaban J connectivity index is 1.58. The maximum atomic E-state index is 12.4. The van der Waals surface area contributed by atoms with Gasteiger partial charge in [0.25, 0.3) is 5.69 Å². The second-order valence-electron chi connectivity index (χ2n) is 6.98. The van der Waals surface area contributed by atoms with Crippen LogP contribution in [0, 0.1) is 21.4 Å². The SMILES string of the molecule is CC(c1cccc([N+](=O)[O-])c1)N(C)CCC(=O)Nc1sc2c(c1C#N)CCC2. The van der Waals surface area contributed by atoms with Crippen LogP contribution in [0.25, 0.3) is 0 Å². The number of aryl methyl sites for hydroxylation is 1. The van der Waals surface area contributed by atoms with Crippen LogP contribution in [0.4, 0.5) is 10.7 Å².